The maximum Gasteiger partial charge on any atom is 0.423 e. The van der Waals surface area contributed by atoms with Crippen molar-refractivity contribution in [3.63, 3.8) is 0 Å². The molecule has 0 spiro atoms. The maximum atomic E-state index is 13.6. The van der Waals surface area contributed by atoms with E-state index in [9.17, 15) is 27.9 Å². The van der Waals surface area contributed by atoms with Crippen LogP contribution in [0, 0.1) is 0 Å². The summed E-state index contributed by atoms with van der Waals surface area (Å²) >= 11 is 0. The topological polar surface area (TPSA) is 111 Å². The number of benzene rings is 2. The molecule has 0 saturated carbocycles. The molecule has 0 atom stereocenters. The number of carbonyl (C=O) groups is 2. The van der Waals surface area contributed by atoms with Crippen LogP contribution in [0.5, 0.6) is 17.4 Å². The molecule has 8 nitrogen and oxygen atoms in total. The van der Waals surface area contributed by atoms with Crippen LogP contribution in [0.1, 0.15) is 38.3 Å². The number of hydrogen-bond acceptors (Lipinski definition) is 7. The van der Waals surface area contributed by atoms with Gasteiger partial charge in [-0.15, -0.1) is 0 Å². The molecule has 1 aliphatic rings. The summed E-state index contributed by atoms with van der Waals surface area (Å²) in [5.41, 5.74) is -0.0897. The zero-order chi connectivity index (χ0) is 23.8. The molecule has 0 unspecified atom stereocenters. The number of nitrogens with zero attached hydrogens (tertiary/aromatic N) is 2. The number of alkyl halides is 3. The molecule has 0 fully saturated rings. The Hall–Kier alpha value is -4.15. The molecule has 0 amide bonds. The number of nitrogens with one attached hydrogen (secondary N) is 1. The van der Waals surface area contributed by atoms with E-state index < -0.39 is 23.6 Å². The third-order valence-electron chi connectivity index (χ3n) is 4.97. The molecule has 0 bridgehead atoms. The van der Waals surface area contributed by atoms with Gasteiger partial charge in [0.05, 0.1) is 12.7 Å². The third-order valence-corrected chi connectivity index (χ3v) is 4.97. The minimum atomic E-state index is -4.80. The Bertz CT molecular complexity index is 1260. The first-order valence-corrected chi connectivity index (χ1v) is 9.63. The van der Waals surface area contributed by atoms with Crippen LogP contribution >= 0.6 is 0 Å². The van der Waals surface area contributed by atoms with E-state index in [4.69, 9.17) is 9.47 Å². The van der Waals surface area contributed by atoms with Gasteiger partial charge < -0.3 is 19.9 Å². The van der Waals surface area contributed by atoms with E-state index >= 15 is 0 Å². The predicted molar refractivity (Wildman–Crippen MR) is 109 cm³/mol. The van der Waals surface area contributed by atoms with Crippen LogP contribution in [0.15, 0.2) is 42.6 Å². The van der Waals surface area contributed by atoms with Crippen LogP contribution in [0.4, 0.5) is 24.8 Å². The number of aromatic nitrogens is 2. The highest BCUT2D eigenvalue weighted by Crippen LogP contribution is 2.39. The van der Waals surface area contributed by atoms with Crippen molar-refractivity contribution in [3.05, 3.63) is 64.8 Å². The summed E-state index contributed by atoms with van der Waals surface area (Å²) in [6.07, 6.45) is -3.49. The van der Waals surface area contributed by atoms with Crippen LogP contribution < -0.4 is 14.8 Å². The Balaban J connectivity index is 1.71. The molecular formula is C22H16F3N3O5. The number of methoxy groups -OCH3 is 1. The van der Waals surface area contributed by atoms with Crippen LogP contribution in [-0.2, 0) is 12.6 Å². The second kappa shape index (κ2) is 8.41. The minimum absolute atomic E-state index is 0.0161. The first kappa shape index (κ1) is 22.1. The lowest BCUT2D eigenvalue weighted by atomic mass is 10.1. The van der Waals surface area contributed by atoms with Gasteiger partial charge in [-0.25, -0.2) is 9.78 Å². The van der Waals surface area contributed by atoms with E-state index in [1.165, 1.54) is 31.4 Å². The summed E-state index contributed by atoms with van der Waals surface area (Å²) in [5, 5.41) is 11.9. The van der Waals surface area contributed by atoms with Crippen molar-refractivity contribution >= 4 is 23.4 Å². The molecule has 33 heavy (non-hydrogen) atoms. The second-order valence-electron chi connectivity index (χ2n) is 7.07. The van der Waals surface area contributed by atoms with Crippen molar-refractivity contribution in [2.45, 2.75) is 19.0 Å². The zero-order valence-electron chi connectivity index (χ0n) is 17.1. The molecular weight excluding hydrogens is 443 g/mol. The average Bonchev–Trinajstić information content (AvgIpc) is 3.14. The molecule has 0 radical (unpaired) electrons. The van der Waals surface area contributed by atoms with Crippen LogP contribution in [-0.4, -0.2) is 33.9 Å². The fraction of sp³-hybridized carbons (Fsp3) is 0.182. The number of carboxylic acids is 1. The number of rotatable bonds is 6. The van der Waals surface area contributed by atoms with E-state index in [1.54, 1.807) is 12.1 Å². The number of ether oxygens (including phenoxy) is 2. The second-order valence-corrected chi connectivity index (χ2v) is 7.07. The standard InChI is InChI=1S/C22H16F3N3O5/c1-32-17-9-12(6-7-13(17)20(30)31)27-21-26-10-14(22(23,24)25)19(28-21)33-16-4-2-3-11-5-8-15(29)18(11)16/h2-4,6-7,9-10H,5,8H2,1H3,(H,30,31)(H,26,27,28). The summed E-state index contributed by atoms with van der Waals surface area (Å²) in [6, 6.07) is 8.72. The van der Waals surface area contributed by atoms with Crippen molar-refractivity contribution in [2.75, 3.05) is 12.4 Å². The van der Waals surface area contributed by atoms with Crippen molar-refractivity contribution in [2.24, 2.45) is 0 Å². The molecule has 2 aromatic carbocycles. The van der Waals surface area contributed by atoms with Gasteiger partial charge >= 0.3 is 12.1 Å². The number of fused-ring (bicyclic) bond motifs is 1. The van der Waals surface area contributed by atoms with Gasteiger partial charge in [-0.2, -0.15) is 18.2 Å². The molecule has 170 valence electrons. The highest BCUT2D eigenvalue weighted by atomic mass is 19.4. The number of ketones is 1. The van der Waals surface area contributed by atoms with Gasteiger partial charge in [-0.1, -0.05) is 12.1 Å². The predicted octanol–water partition coefficient (Wildman–Crippen LogP) is 4.87. The number of carbonyl (C=O) groups excluding carboxylic acids is 1. The first-order valence-electron chi connectivity index (χ1n) is 9.63. The number of hydrogen-bond donors (Lipinski definition) is 2. The summed E-state index contributed by atoms with van der Waals surface area (Å²) in [4.78, 5) is 31.0. The Kier molecular flexibility index (Phi) is 5.62. The molecule has 1 aromatic heterocycles. The van der Waals surface area contributed by atoms with Gasteiger partial charge in [0.1, 0.15) is 22.6 Å². The Morgan fingerprint density at radius 1 is 1.15 bits per heavy atom. The number of aromatic carboxylic acids is 1. The monoisotopic (exact) mass is 459 g/mol. The number of halogens is 3. The molecule has 1 heterocycles. The van der Waals surface area contributed by atoms with Gasteiger partial charge in [0, 0.05) is 24.4 Å². The van der Waals surface area contributed by atoms with E-state index in [2.05, 4.69) is 15.3 Å². The van der Waals surface area contributed by atoms with Crippen LogP contribution in [0.25, 0.3) is 0 Å². The SMILES string of the molecule is COc1cc(Nc2ncc(C(F)(F)F)c(Oc3cccc4c3C(=O)CC4)n2)ccc1C(=O)O. The number of aryl methyl sites for hydroxylation is 1. The summed E-state index contributed by atoms with van der Waals surface area (Å²) < 4.78 is 51.2. The third kappa shape index (κ3) is 4.43. The zero-order valence-corrected chi connectivity index (χ0v) is 17.1. The summed E-state index contributed by atoms with van der Waals surface area (Å²) in [6.45, 7) is 0. The normalized spacial score (nSPS) is 12.9. The highest BCUT2D eigenvalue weighted by Gasteiger charge is 2.37. The van der Waals surface area contributed by atoms with Gasteiger partial charge in [-0.05, 0) is 30.2 Å². The minimum Gasteiger partial charge on any atom is -0.496 e. The van der Waals surface area contributed by atoms with E-state index in [-0.39, 0.29) is 46.5 Å². The van der Waals surface area contributed by atoms with E-state index in [1.807, 2.05) is 0 Å². The summed E-state index contributed by atoms with van der Waals surface area (Å²) in [7, 11) is 1.28. The highest BCUT2D eigenvalue weighted by molar-refractivity contribution is 6.03. The van der Waals surface area contributed by atoms with Crippen molar-refractivity contribution < 1.29 is 37.3 Å². The fourth-order valence-corrected chi connectivity index (χ4v) is 3.44. The molecule has 2 N–H and O–H groups in total. The van der Waals surface area contributed by atoms with Gasteiger partial charge in [0.15, 0.2) is 5.78 Å². The molecule has 0 saturated heterocycles. The van der Waals surface area contributed by atoms with E-state index in [0.29, 0.717) is 18.2 Å². The smallest absolute Gasteiger partial charge is 0.423 e. The maximum absolute atomic E-state index is 13.6. The first-order chi connectivity index (χ1) is 15.7. The largest absolute Gasteiger partial charge is 0.496 e. The van der Waals surface area contributed by atoms with Crippen molar-refractivity contribution in [1.82, 2.24) is 9.97 Å². The molecule has 11 heteroatoms. The van der Waals surface area contributed by atoms with Gasteiger partial charge in [0.25, 0.3) is 0 Å². The lowest BCUT2D eigenvalue weighted by Gasteiger charge is -2.15. The molecule has 3 aromatic rings. The van der Waals surface area contributed by atoms with Crippen LogP contribution in [0.3, 0.4) is 0 Å². The van der Waals surface area contributed by atoms with Crippen molar-refractivity contribution in [3.8, 4) is 17.4 Å². The Morgan fingerprint density at radius 2 is 1.94 bits per heavy atom. The van der Waals surface area contributed by atoms with Gasteiger partial charge in [0.2, 0.25) is 11.8 Å². The summed E-state index contributed by atoms with van der Waals surface area (Å²) in [5.74, 6) is -2.41. The Morgan fingerprint density at radius 3 is 2.64 bits per heavy atom. The number of anilines is 2. The van der Waals surface area contributed by atoms with E-state index in [0.717, 1.165) is 0 Å². The van der Waals surface area contributed by atoms with Crippen LogP contribution in [0.2, 0.25) is 0 Å². The molecule has 0 aliphatic heterocycles. The molecule has 1 aliphatic carbocycles. The van der Waals surface area contributed by atoms with Gasteiger partial charge in [-0.3, -0.25) is 4.79 Å². The lowest BCUT2D eigenvalue weighted by Crippen LogP contribution is -2.11. The lowest BCUT2D eigenvalue weighted by molar-refractivity contribution is -0.139. The quantitative estimate of drug-likeness (QED) is 0.537. The number of Topliss-reactive ketones (excluding diaryl/α,β-unsaturated/α-hetero) is 1. The molecule has 4 rings (SSSR count). The number of carboxylic acid groups (broad SMARTS) is 1. The Labute approximate surface area is 185 Å². The van der Waals surface area contributed by atoms with Crippen molar-refractivity contribution in [1.29, 1.82) is 0 Å². The average molecular weight is 459 g/mol. The fourth-order valence-electron chi connectivity index (χ4n) is 3.44.